The molecule has 0 aromatic carbocycles. The van der Waals surface area contributed by atoms with Gasteiger partial charge in [-0.25, -0.2) is 0 Å². The van der Waals surface area contributed by atoms with Crippen LogP contribution < -0.4 is 0 Å². The Labute approximate surface area is 210 Å². The van der Waals surface area contributed by atoms with Crippen LogP contribution in [-0.4, -0.2) is 57.4 Å². The van der Waals surface area contributed by atoms with Crippen molar-refractivity contribution < 1.29 is 29.6 Å². The Balaban J connectivity index is 1.52. The second kappa shape index (κ2) is 8.54. The van der Waals surface area contributed by atoms with Gasteiger partial charge in [0.1, 0.15) is 17.3 Å². The van der Waals surface area contributed by atoms with Gasteiger partial charge in [0.25, 0.3) is 0 Å². The van der Waals surface area contributed by atoms with E-state index in [1.165, 1.54) is 32.6 Å². The fourth-order valence-corrected chi connectivity index (χ4v) is 9.40. The van der Waals surface area contributed by atoms with E-state index in [0.717, 1.165) is 24.3 Å². The van der Waals surface area contributed by atoms with Gasteiger partial charge in [-0.2, -0.15) is 0 Å². The Kier molecular flexibility index (Phi) is 6.27. The molecule has 0 radical (unpaired) electrons. The minimum Gasteiger partial charge on any atom is -0.455 e. The Morgan fingerprint density at radius 1 is 1.20 bits per heavy atom. The van der Waals surface area contributed by atoms with Crippen LogP contribution in [0.5, 0.6) is 0 Å². The number of carbonyl (C=O) groups excluding carboxylic acids is 1. The monoisotopic (exact) mass is 490 g/mol. The summed E-state index contributed by atoms with van der Waals surface area (Å²) in [6.45, 7) is 10.5. The van der Waals surface area contributed by atoms with E-state index in [4.69, 9.17) is 9.47 Å². The topological polar surface area (TPSA) is 99.5 Å². The number of ether oxygens (including phenoxy) is 2. The summed E-state index contributed by atoms with van der Waals surface area (Å²) in [4.78, 5) is 12.1. The van der Waals surface area contributed by atoms with Crippen molar-refractivity contribution in [3.63, 3.8) is 0 Å². The molecule has 1 spiro atoms. The number of fused-ring (bicyclic) bond motifs is 3. The summed E-state index contributed by atoms with van der Waals surface area (Å²) in [5, 5.41) is 33.5. The highest BCUT2D eigenvalue weighted by molar-refractivity contribution is 5.67. The molecule has 6 nitrogen and oxygen atoms in total. The summed E-state index contributed by atoms with van der Waals surface area (Å²) in [7, 11) is 0. The molecule has 5 aliphatic rings. The first-order valence-corrected chi connectivity index (χ1v) is 14.0. The molecule has 4 fully saturated rings. The smallest absolute Gasteiger partial charge is 0.303 e. The number of esters is 1. The van der Waals surface area contributed by atoms with Gasteiger partial charge in [0.15, 0.2) is 0 Å². The first kappa shape index (κ1) is 25.7. The third-order valence-electron chi connectivity index (χ3n) is 11.0. The summed E-state index contributed by atoms with van der Waals surface area (Å²) >= 11 is 0. The van der Waals surface area contributed by atoms with Crippen LogP contribution in [0.4, 0.5) is 0 Å². The average Bonchev–Trinajstić information content (AvgIpc) is 3.37. The number of hydrogen-bond donors (Lipinski definition) is 3. The van der Waals surface area contributed by atoms with Crippen LogP contribution >= 0.6 is 0 Å². The van der Waals surface area contributed by atoms with Crippen LogP contribution in [0.15, 0.2) is 11.6 Å². The van der Waals surface area contributed by atoms with E-state index >= 15 is 0 Å². The fourth-order valence-electron chi connectivity index (χ4n) is 9.40. The van der Waals surface area contributed by atoms with Crippen molar-refractivity contribution in [3.05, 3.63) is 11.6 Å². The number of rotatable bonds is 7. The molecule has 1 heterocycles. The Hall–Kier alpha value is -0.950. The number of aliphatic hydroxyl groups is 3. The zero-order valence-corrected chi connectivity index (χ0v) is 22.3. The average molecular weight is 491 g/mol. The lowest BCUT2D eigenvalue weighted by Crippen LogP contribution is -2.72. The van der Waals surface area contributed by atoms with Gasteiger partial charge >= 0.3 is 5.97 Å². The summed E-state index contributed by atoms with van der Waals surface area (Å²) in [5.74, 6) is 1.80. The van der Waals surface area contributed by atoms with Crippen molar-refractivity contribution in [3.8, 4) is 0 Å². The van der Waals surface area contributed by atoms with Crippen molar-refractivity contribution in [2.75, 3.05) is 6.61 Å². The summed E-state index contributed by atoms with van der Waals surface area (Å²) in [6.07, 6.45) is 8.31. The molecule has 6 heteroatoms. The van der Waals surface area contributed by atoms with Gasteiger partial charge in [-0.15, -0.1) is 0 Å². The molecule has 198 valence electrons. The molecule has 0 amide bonds. The number of carbonyl (C=O) groups is 1. The molecule has 3 saturated carbocycles. The van der Waals surface area contributed by atoms with Gasteiger partial charge in [-0.3, -0.25) is 4.79 Å². The normalized spacial score (nSPS) is 48.8. The lowest BCUT2D eigenvalue weighted by atomic mass is 9.44. The van der Waals surface area contributed by atoms with Crippen LogP contribution in [0.1, 0.15) is 92.4 Å². The third kappa shape index (κ3) is 3.45. The highest BCUT2D eigenvalue weighted by atomic mass is 16.6. The van der Waals surface area contributed by atoms with E-state index in [1.54, 1.807) is 0 Å². The molecular weight excluding hydrogens is 444 g/mol. The van der Waals surface area contributed by atoms with E-state index in [0.29, 0.717) is 24.7 Å². The molecule has 1 aliphatic heterocycles. The maximum absolute atomic E-state index is 12.1. The lowest BCUT2D eigenvalue weighted by Gasteiger charge is -2.61. The predicted molar refractivity (Wildman–Crippen MR) is 132 cm³/mol. The van der Waals surface area contributed by atoms with Crippen LogP contribution in [0.2, 0.25) is 0 Å². The van der Waals surface area contributed by atoms with Gasteiger partial charge in [0.05, 0.1) is 24.2 Å². The molecular formula is C29H46O6. The molecule has 3 N–H and O–H groups in total. The fraction of sp³-hybridized carbons (Fsp3) is 0.897. The standard InChI is InChI=1S/C29H46O6/c1-17(2)7-6-8-18(3)21-9-10-22-23-13-24(34-19(4)31)28(33)14-20(32)11-12-27(28,16-30)29(23)25(35-29)15-26(21,22)5/h13,17-18,20-22,24-25,30,32-33H,6-12,14-16H2,1-5H3. The molecule has 35 heavy (non-hydrogen) atoms. The predicted octanol–water partition coefficient (Wildman–Crippen LogP) is 4.15. The van der Waals surface area contributed by atoms with E-state index in [2.05, 4.69) is 27.7 Å². The van der Waals surface area contributed by atoms with Crippen LogP contribution in [0.3, 0.4) is 0 Å². The van der Waals surface area contributed by atoms with Crippen molar-refractivity contribution in [1.29, 1.82) is 0 Å². The van der Waals surface area contributed by atoms with Crippen molar-refractivity contribution in [2.45, 2.75) is 122 Å². The molecule has 0 aromatic heterocycles. The minimum atomic E-state index is -1.56. The van der Waals surface area contributed by atoms with Crippen LogP contribution in [0, 0.1) is 34.5 Å². The molecule has 0 aromatic rings. The molecule has 0 bridgehead atoms. The highest BCUT2D eigenvalue weighted by Gasteiger charge is 2.83. The Morgan fingerprint density at radius 2 is 1.94 bits per heavy atom. The van der Waals surface area contributed by atoms with Crippen molar-refractivity contribution in [2.24, 2.45) is 34.5 Å². The third-order valence-corrected chi connectivity index (χ3v) is 11.0. The maximum atomic E-state index is 12.1. The second-order valence-corrected chi connectivity index (χ2v) is 13.3. The van der Waals surface area contributed by atoms with Gasteiger partial charge < -0.3 is 24.8 Å². The van der Waals surface area contributed by atoms with Crippen LogP contribution in [0.25, 0.3) is 0 Å². The van der Waals surface area contributed by atoms with Gasteiger partial charge in [-0.1, -0.05) is 47.0 Å². The molecule has 10 unspecified atom stereocenters. The zero-order chi connectivity index (χ0) is 25.4. The second-order valence-electron chi connectivity index (χ2n) is 13.3. The number of epoxide rings is 1. The quantitative estimate of drug-likeness (QED) is 0.282. The first-order chi connectivity index (χ1) is 16.4. The summed E-state index contributed by atoms with van der Waals surface area (Å²) < 4.78 is 12.4. The zero-order valence-electron chi connectivity index (χ0n) is 22.3. The number of aliphatic hydroxyl groups excluding tert-OH is 2. The minimum absolute atomic E-state index is 0.0503. The van der Waals surface area contributed by atoms with Gasteiger partial charge in [-0.05, 0) is 72.8 Å². The summed E-state index contributed by atoms with van der Waals surface area (Å²) in [6, 6.07) is 0. The van der Waals surface area contributed by atoms with Gasteiger partial charge in [0, 0.05) is 13.3 Å². The Morgan fingerprint density at radius 3 is 2.60 bits per heavy atom. The summed E-state index contributed by atoms with van der Waals surface area (Å²) in [5.41, 5.74) is -2.01. The molecule has 4 aliphatic carbocycles. The lowest BCUT2D eigenvalue weighted by molar-refractivity contribution is -0.237. The SMILES string of the molecule is CC(=O)OC1C=C2C3CCC(C(C)CCCC(C)C)C3(C)CC3OC23C2(CO)CCC(O)CC12O. The van der Waals surface area contributed by atoms with Gasteiger partial charge in [0.2, 0.25) is 0 Å². The van der Waals surface area contributed by atoms with E-state index in [-0.39, 0.29) is 30.5 Å². The molecule has 1 saturated heterocycles. The largest absolute Gasteiger partial charge is 0.455 e. The van der Waals surface area contributed by atoms with E-state index < -0.39 is 34.8 Å². The molecule has 10 atom stereocenters. The van der Waals surface area contributed by atoms with Crippen LogP contribution in [-0.2, 0) is 14.3 Å². The van der Waals surface area contributed by atoms with Crippen molar-refractivity contribution >= 4 is 5.97 Å². The van der Waals surface area contributed by atoms with E-state index in [1.807, 2.05) is 6.08 Å². The number of hydrogen-bond acceptors (Lipinski definition) is 6. The van der Waals surface area contributed by atoms with Crippen molar-refractivity contribution in [1.82, 2.24) is 0 Å². The maximum Gasteiger partial charge on any atom is 0.303 e. The van der Waals surface area contributed by atoms with E-state index in [9.17, 15) is 20.1 Å². The molecule has 5 rings (SSSR count). The Bertz CT molecular complexity index is 884. The first-order valence-electron chi connectivity index (χ1n) is 14.0. The highest BCUT2D eigenvalue weighted by Crippen LogP contribution is 2.76.